The van der Waals surface area contributed by atoms with Gasteiger partial charge in [-0.1, -0.05) is 58.8 Å². The zero-order valence-electron chi connectivity index (χ0n) is 15.4. The van der Waals surface area contributed by atoms with Gasteiger partial charge in [0.15, 0.2) is 0 Å². The van der Waals surface area contributed by atoms with Crippen LogP contribution in [0.3, 0.4) is 0 Å². The van der Waals surface area contributed by atoms with Crippen molar-refractivity contribution in [2.75, 3.05) is 13.1 Å². The minimum absolute atomic E-state index is 0.0389. The van der Waals surface area contributed by atoms with Crippen molar-refractivity contribution in [2.45, 2.75) is 97.3 Å². The Morgan fingerprint density at radius 2 is 1.09 bits per heavy atom. The number of amides is 2. The fraction of sp³-hybridized carbons (Fsp3) is 0.895. The third kappa shape index (κ3) is 17.1. The molecule has 0 saturated heterocycles. The fourth-order valence-corrected chi connectivity index (χ4v) is 2.49. The van der Waals surface area contributed by atoms with Crippen LogP contribution in [-0.2, 0) is 4.79 Å². The molecule has 0 unspecified atom stereocenters. The molecule has 0 aromatic heterocycles. The molecule has 0 radical (unpaired) electrons. The molecule has 136 valence electrons. The minimum Gasteiger partial charge on any atom is -0.338 e. The van der Waals surface area contributed by atoms with Gasteiger partial charge in [-0.25, -0.2) is 4.79 Å². The van der Waals surface area contributed by atoms with Crippen molar-refractivity contribution in [3.8, 4) is 0 Å². The molecule has 0 aliphatic heterocycles. The summed E-state index contributed by atoms with van der Waals surface area (Å²) in [5, 5.41) is 5.80. The van der Waals surface area contributed by atoms with Crippen molar-refractivity contribution >= 4 is 11.8 Å². The summed E-state index contributed by atoms with van der Waals surface area (Å²) in [4.78, 5) is 23.0. The van der Waals surface area contributed by atoms with E-state index in [0.717, 1.165) is 77.3 Å². The molecular weight excluding hydrogens is 288 g/mol. The quantitative estimate of drug-likeness (QED) is 0.394. The summed E-state index contributed by atoms with van der Waals surface area (Å²) in [5.41, 5.74) is 0. The smallest absolute Gasteiger partial charge is 0.314 e. The van der Waals surface area contributed by atoms with E-state index in [1.54, 1.807) is 0 Å². The van der Waals surface area contributed by atoms with E-state index in [-0.39, 0.29) is 6.03 Å². The average molecular weight is 327 g/mol. The Hall–Kier alpha value is -1.06. The summed E-state index contributed by atoms with van der Waals surface area (Å²) in [7, 11) is 0. The van der Waals surface area contributed by atoms with Crippen LogP contribution in [0.4, 0.5) is 4.79 Å². The first-order chi connectivity index (χ1) is 11.2. The Bertz CT molecular complexity index is 293. The highest BCUT2D eigenvalue weighted by Gasteiger charge is 2.01. The van der Waals surface area contributed by atoms with Crippen LogP contribution in [0.25, 0.3) is 0 Å². The van der Waals surface area contributed by atoms with Gasteiger partial charge in [0.1, 0.15) is 5.78 Å². The molecule has 4 heteroatoms. The molecule has 0 heterocycles. The maximum Gasteiger partial charge on any atom is 0.314 e. The van der Waals surface area contributed by atoms with Crippen molar-refractivity contribution in [1.82, 2.24) is 10.6 Å². The van der Waals surface area contributed by atoms with Crippen LogP contribution < -0.4 is 10.6 Å². The van der Waals surface area contributed by atoms with Crippen molar-refractivity contribution in [3.63, 3.8) is 0 Å². The number of urea groups is 1. The second-order valence-corrected chi connectivity index (χ2v) is 6.40. The van der Waals surface area contributed by atoms with Gasteiger partial charge in [0, 0.05) is 25.9 Å². The maximum absolute atomic E-state index is 11.5. The van der Waals surface area contributed by atoms with Crippen molar-refractivity contribution in [1.29, 1.82) is 0 Å². The molecule has 2 N–H and O–H groups in total. The van der Waals surface area contributed by atoms with Crippen molar-refractivity contribution in [2.24, 2.45) is 0 Å². The molecule has 0 bridgehead atoms. The third-order valence-electron chi connectivity index (χ3n) is 4.04. The highest BCUT2D eigenvalue weighted by Crippen LogP contribution is 2.08. The van der Waals surface area contributed by atoms with Gasteiger partial charge in [0.25, 0.3) is 0 Å². The number of hydrogen-bond donors (Lipinski definition) is 2. The molecule has 0 rings (SSSR count). The molecule has 0 spiro atoms. The monoisotopic (exact) mass is 326 g/mol. The number of unbranched alkanes of at least 4 members (excludes halogenated alkanes) is 8. The molecule has 0 fully saturated rings. The van der Waals surface area contributed by atoms with Gasteiger partial charge in [0.05, 0.1) is 0 Å². The molecule has 0 saturated carbocycles. The van der Waals surface area contributed by atoms with Gasteiger partial charge in [-0.15, -0.1) is 0 Å². The molecule has 0 atom stereocenters. The summed E-state index contributed by atoms with van der Waals surface area (Å²) in [6.07, 6.45) is 13.8. The summed E-state index contributed by atoms with van der Waals surface area (Å²) in [5.74, 6) is 0.420. The fourth-order valence-electron chi connectivity index (χ4n) is 2.49. The Labute approximate surface area is 143 Å². The second kappa shape index (κ2) is 17.3. The highest BCUT2D eigenvalue weighted by molar-refractivity contribution is 5.78. The number of nitrogens with one attached hydrogen (secondary N) is 2. The lowest BCUT2D eigenvalue weighted by Gasteiger charge is -2.07. The Kier molecular flexibility index (Phi) is 16.5. The van der Waals surface area contributed by atoms with E-state index in [9.17, 15) is 9.59 Å². The summed E-state index contributed by atoms with van der Waals surface area (Å²) >= 11 is 0. The van der Waals surface area contributed by atoms with Crippen LogP contribution in [0.2, 0.25) is 0 Å². The first-order valence-corrected chi connectivity index (χ1v) is 9.74. The van der Waals surface area contributed by atoms with Crippen molar-refractivity contribution in [3.05, 3.63) is 0 Å². The van der Waals surface area contributed by atoms with Crippen LogP contribution in [0.1, 0.15) is 97.3 Å². The topological polar surface area (TPSA) is 58.2 Å². The molecule has 0 aliphatic rings. The maximum atomic E-state index is 11.5. The lowest BCUT2D eigenvalue weighted by Crippen LogP contribution is -2.36. The van der Waals surface area contributed by atoms with E-state index in [1.807, 2.05) is 0 Å². The van der Waals surface area contributed by atoms with Gasteiger partial charge in [-0.05, 0) is 25.7 Å². The second-order valence-electron chi connectivity index (χ2n) is 6.40. The Morgan fingerprint density at radius 3 is 1.70 bits per heavy atom. The van der Waals surface area contributed by atoms with Gasteiger partial charge in [0.2, 0.25) is 0 Å². The van der Waals surface area contributed by atoms with E-state index in [2.05, 4.69) is 24.5 Å². The molecule has 0 aromatic carbocycles. The van der Waals surface area contributed by atoms with Crippen LogP contribution in [-0.4, -0.2) is 24.9 Å². The Balaban J connectivity index is 3.23. The number of rotatable bonds is 16. The predicted molar refractivity (Wildman–Crippen MR) is 97.8 cm³/mol. The number of hydrogen-bond acceptors (Lipinski definition) is 2. The van der Waals surface area contributed by atoms with E-state index < -0.39 is 0 Å². The van der Waals surface area contributed by atoms with E-state index in [0.29, 0.717) is 5.78 Å². The van der Waals surface area contributed by atoms with E-state index >= 15 is 0 Å². The minimum atomic E-state index is -0.0389. The first-order valence-electron chi connectivity index (χ1n) is 9.74. The van der Waals surface area contributed by atoms with Gasteiger partial charge in [-0.3, -0.25) is 4.79 Å². The average Bonchev–Trinajstić information content (AvgIpc) is 2.55. The van der Waals surface area contributed by atoms with Crippen molar-refractivity contribution < 1.29 is 9.59 Å². The molecule has 0 aliphatic carbocycles. The van der Waals surface area contributed by atoms with Crippen LogP contribution >= 0.6 is 0 Å². The number of ketones is 1. The molecule has 0 aromatic rings. The standard InChI is InChI=1S/C19H38N2O2/c1-3-5-7-12-16-20-19(23)21-17-13-10-8-9-11-15-18(22)14-6-4-2/h3-17H2,1-2H3,(H2,20,21,23). The molecule has 2 amide bonds. The highest BCUT2D eigenvalue weighted by atomic mass is 16.2. The number of carbonyl (C=O) groups excluding carboxylic acids is 2. The Morgan fingerprint density at radius 1 is 0.609 bits per heavy atom. The van der Waals surface area contributed by atoms with Crippen LogP contribution in [0, 0.1) is 0 Å². The third-order valence-corrected chi connectivity index (χ3v) is 4.04. The molecule has 4 nitrogen and oxygen atoms in total. The summed E-state index contributed by atoms with van der Waals surface area (Å²) in [6.45, 7) is 5.83. The molecular formula is C19H38N2O2. The van der Waals surface area contributed by atoms with Gasteiger partial charge in [-0.2, -0.15) is 0 Å². The predicted octanol–water partition coefficient (Wildman–Crippen LogP) is 4.97. The summed E-state index contributed by atoms with van der Waals surface area (Å²) in [6, 6.07) is -0.0389. The van der Waals surface area contributed by atoms with E-state index in [4.69, 9.17) is 0 Å². The number of carbonyl (C=O) groups is 2. The van der Waals surface area contributed by atoms with Gasteiger partial charge < -0.3 is 10.6 Å². The normalized spacial score (nSPS) is 10.5. The van der Waals surface area contributed by atoms with Gasteiger partial charge >= 0.3 is 6.03 Å². The SMILES string of the molecule is CCCCCCNC(=O)NCCCCCCCC(=O)CCCC. The zero-order valence-corrected chi connectivity index (χ0v) is 15.4. The van der Waals surface area contributed by atoms with Crippen LogP contribution in [0.5, 0.6) is 0 Å². The summed E-state index contributed by atoms with van der Waals surface area (Å²) < 4.78 is 0. The number of Topliss-reactive ketones (excluding diaryl/α,β-unsaturated/α-hetero) is 1. The zero-order chi connectivity index (χ0) is 17.2. The van der Waals surface area contributed by atoms with E-state index in [1.165, 1.54) is 19.3 Å². The van der Waals surface area contributed by atoms with Crippen LogP contribution in [0.15, 0.2) is 0 Å². The largest absolute Gasteiger partial charge is 0.338 e. The lowest BCUT2D eigenvalue weighted by atomic mass is 10.1. The lowest BCUT2D eigenvalue weighted by molar-refractivity contribution is -0.119. The first kappa shape index (κ1) is 21.9. The molecule has 23 heavy (non-hydrogen) atoms.